The molecule has 0 saturated carbocycles. The van der Waals surface area contributed by atoms with E-state index in [1.807, 2.05) is 24.3 Å². The average Bonchev–Trinajstić information content (AvgIpc) is 3.53. The lowest BCUT2D eigenvalue weighted by Gasteiger charge is -2.31. The number of nitrogens with zero attached hydrogens (tertiary/aromatic N) is 4. The molecule has 34 heavy (non-hydrogen) atoms. The highest BCUT2D eigenvalue weighted by molar-refractivity contribution is 7.99. The maximum Gasteiger partial charge on any atom is 0.195 e. The molecule has 2 aromatic carbocycles. The molecule has 0 aliphatic carbocycles. The van der Waals surface area contributed by atoms with Gasteiger partial charge >= 0.3 is 0 Å². The molecule has 0 radical (unpaired) electrons. The Morgan fingerprint density at radius 3 is 2.71 bits per heavy atom. The monoisotopic (exact) mass is 482 g/mol. The normalized spacial score (nSPS) is 19.5. The summed E-state index contributed by atoms with van der Waals surface area (Å²) in [5, 5.41) is 10.2. The van der Waals surface area contributed by atoms with Crippen LogP contribution in [-0.2, 0) is 11.3 Å². The van der Waals surface area contributed by atoms with E-state index in [2.05, 4.69) is 25.7 Å². The number of piperidine rings is 1. The van der Waals surface area contributed by atoms with Crippen LogP contribution >= 0.6 is 11.8 Å². The van der Waals surface area contributed by atoms with Crippen molar-refractivity contribution in [1.29, 1.82) is 0 Å². The molecule has 0 amide bonds. The van der Waals surface area contributed by atoms with Gasteiger partial charge in [-0.05, 0) is 68.6 Å². The summed E-state index contributed by atoms with van der Waals surface area (Å²) in [4.78, 5) is 2.39. The number of halogens is 1. The van der Waals surface area contributed by atoms with Crippen molar-refractivity contribution in [2.24, 2.45) is 0 Å². The fourth-order valence-electron chi connectivity index (χ4n) is 4.82. The minimum absolute atomic E-state index is 0.174. The second-order valence-electron chi connectivity index (χ2n) is 9.00. The molecule has 0 bridgehead atoms. The van der Waals surface area contributed by atoms with Gasteiger partial charge in [0.2, 0.25) is 0 Å². The van der Waals surface area contributed by atoms with Crippen LogP contribution in [0.4, 0.5) is 4.39 Å². The van der Waals surface area contributed by atoms with Gasteiger partial charge in [-0.15, -0.1) is 10.2 Å². The molecule has 2 saturated heterocycles. The summed E-state index contributed by atoms with van der Waals surface area (Å²) < 4.78 is 27.1. The number of aromatic nitrogens is 3. The lowest BCUT2D eigenvalue weighted by molar-refractivity contribution is 0.129. The van der Waals surface area contributed by atoms with Crippen molar-refractivity contribution in [1.82, 2.24) is 19.7 Å². The number of hydrogen-bond acceptors (Lipinski definition) is 6. The van der Waals surface area contributed by atoms with E-state index in [1.54, 1.807) is 31.0 Å². The van der Waals surface area contributed by atoms with Gasteiger partial charge in [0.1, 0.15) is 17.4 Å². The van der Waals surface area contributed by atoms with E-state index in [9.17, 15) is 4.39 Å². The van der Waals surface area contributed by atoms with Crippen LogP contribution in [0.25, 0.3) is 5.69 Å². The largest absolute Gasteiger partial charge is 0.497 e. The number of benzene rings is 2. The molecule has 6 nitrogen and oxygen atoms in total. The van der Waals surface area contributed by atoms with Crippen LogP contribution in [0.15, 0.2) is 53.7 Å². The van der Waals surface area contributed by atoms with Gasteiger partial charge in [-0.25, -0.2) is 4.39 Å². The Kier molecular flexibility index (Phi) is 7.47. The van der Waals surface area contributed by atoms with Crippen molar-refractivity contribution in [3.63, 3.8) is 0 Å². The van der Waals surface area contributed by atoms with Gasteiger partial charge in [-0.3, -0.25) is 9.47 Å². The van der Waals surface area contributed by atoms with Crippen molar-refractivity contribution in [2.45, 2.75) is 49.4 Å². The van der Waals surface area contributed by atoms with Crippen LogP contribution in [0.1, 0.15) is 43.0 Å². The highest BCUT2D eigenvalue weighted by Gasteiger charge is 2.28. The fraction of sp³-hybridized carbons (Fsp3) is 0.462. The molecular formula is C26H31FN4O2S. The summed E-state index contributed by atoms with van der Waals surface area (Å²) in [7, 11) is 1.69. The van der Waals surface area contributed by atoms with Gasteiger partial charge < -0.3 is 9.47 Å². The predicted molar refractivity (Wildman–Crippen MR) is 131 cm³/mol. The molecular weight excluding hydrogens is 451 g/mol. The summed E-state index contributed by atoms with van der Waals surface area (Å²) in [6.07, 6.45) is 4.52. The molecule has 2 fully saturated rings. The summed E-state index contributed by atoms with van der Waals surface area (Å²) in [6, 6.07) is 15.0. The zero-order valence-corrected chi connectivity index (χ0v) is 20.3. The SMILES string of the molecule is COc1cccc(-n2c(SC[C@H]3CCCO3)nnc2C2CCN(Cc3cccc(F)c3)CC2)c1. The van der Waals surface area contributed by atoms with Crippen molar-refractivity contribution in [3.8, 4) is 11.4 Å². The standard InChI is InChI=1S/C26H31FN4O2S/c1-32-23-8-3-7-22(16-23)31-25(28-29-26(31)34-18-24-9-4-14-33-24)20-10-12-30(13-11-20)17-19-5-2-6-21(27)15-19/h2-3,5-8,15-16,20,24H,4,9-14,17-18H2,1H3/t24-/m1/s1. The number of thioether (sulfide) groups is 1. The Morgan fingerprint density at radius 1 is 1.09 bits per heavy atom. The summed E-state index contributed by atoms with van der Waals surface area (Å²) >= 11 is 1.72. The van der Waals surface area contributed by atoms with Gasteiger partial charge in [0.25, 0.3) is 0 Å². The molecule has 0 spiro atoms. The fourth-order valence-corrected chi connectivity index (χ4v) is 5.84. The third-order valence-corrected chi connectivity index (χ3v) is 7.70. The zero-order valence-electron chi connectivity index (χ0n) is 19.5. The Morgan fingerprint density at radius 2 is 1.94 bits per heavy atom. The van der Waals surface area contributed by atoms with Crippen molar-refractivity contribution in [2.75, 3.05) is 32.6 Å². The third-order valence-electron chi connectivity index (χ3n) is 6.64. The van der Waals surface area contributed by atoms with E-state index in [0.717, 1.165) is 85.7 Å². The second kappa shape index (κ2) is 10.9. The first kappa shape index (κ1) is 23.3. The molecule has 1 atom stereocenters. The maximum absolute atomic E-state index is 13.6. The lowest BCUT2D eigenvalue weighted by Crippen LogP contribution is -2.33. The average molecular weight is 483 g/mol. The molecule has 3 aromatic rings. The Balaban J connectivity index is 1.33. The van der Waals surface area contributed by atoms with Crippen molar-refractivity contribution >= 4 is 11.8 Å². The van der Waals surface area contributed by atoms with Gasteiger partial charge in [0.05, 0.1) is 18.9 Å². The Labute approximate surface area is 204 Å². The molecule has 180 valence electrons. The lowest BCUT2D eigenvalue weighted by atomic mass is 9.95. The highest BCUT2D eigenvalue weighted by Crippen LogP contribution is 2.34. The van der Waals surface area contributed by atoms with Crippen molar-refractivity contribution in [3.05, 3.63) is 65.7 Å². The van der Waals surface area contributed by atoms with Crippen LogP contribution in [0.5, 0.6) is 5.75 Å². The van der Waals surface area contributed by atoms with Crippen LogP contribution in [-0.4, -0.2) is 58.3 Å². The summed E-state index contributed by atoms with van der Waals surface area (Å²) in [5.41, 5.74) is 2.04. The van der Waals surface area contributed by atoms with E-state index < -0.39 is 0 Å². The first-order valence-corrected chi connectivity index (χ1v) is 13.0. The van der Waals surface area contributed by atoms with Crippen LogP contribution in [0, 0.1) is 5.82 Å². The van der Waals surface area contributed by atoms with E-state index in [0.29, 0.717) is 5.92 Å². The topological polar surface area (TPSA) is 52.4 Å². The number of methoxy groups -OCH3 is 1. The zero-order chi connectivity index (χ0) is 23.3. The first-order chi connectivity index (χ1) is 16.7. The van der Waals surface area contributed by atoms with E-state index >= 15 is 0 Å². The molecule has 2 aliphatic heterocycles. The van der Waals surface area contributed by atoms with Gasteiger partial charge in [-0.1, -0.05) is 30.0 Å². The van der Waals surface area contributed by atoms with E-state index in [1.165, 1.54) is 6.07 Å². The maximum atomic E-state index is 13.6. The molecule has 0 N–H and O–H groups in total. The third kappa shape index (κ3) is 5.45. The Bertz CT molecular complexity index is 1090. The smallest absolute Gasteiger partial charge is 0.195 e. The molecule has 2 aliphatic rings. The highest BCUT2D eigenvalue weighted by atomic mass is 32.2. The van der Waals surface area contributed by atoms with Crippen LogP contribution in [0.3, 0.4) is 0 Å². The number of likely N-dealkylation sites (tertiary alicyclic amines) is 1. The van der Waals surface area contributed by atoms with E-state index in [-0.39, 0.29) is 11.9 Å². The van der Waals surface area contributed by atoms with Crippen LogP contribution < -0.4 is 4.74 Å². The molecule has 5 rings (SSSR count). The van der Waals surface area contributed by atoms with Crippen molar-refractivity contribution < 1.29 is 13.9 Å². The first-order valence-electron chi connectivity index (χ1n) is 12.0. The van der Waals surface area contributed by atoms with E-state index in [4.69, 9.17) is 9.47 Å². The van der Waals surface area contributed by atoms with Gasteiger partial charge in [-0.2, -0.15) is 0 Å². The predicted octanol–water partition coefficient (Wildman–Crippen LogP) is 5.07. The molecule has 1 aromatic heterocycles. The van der Waals surface area contributed by atoms with Crippen LogP contribution in [0.2, 0.25) is 0 Å². The minimum atomic E-state index is -0.174. The quantitative estimate of drug-likeness (QED) is 0.418. The van der Waals surface area contributed by atoms with Gasteiger partial charge in [0, 0.05) is 30.9 Å². The van der Waals surface area contributed by atoms with Gasteiger partial charge in [0.15, 0.2) is 5.16 Å². The molecule has 3 heterocycles. The summed E-state index contributed by atoms with van der Waals surface area (Å²) in [5.74, 6) is 2.85. The Hall–Kier alpha value is -2.42. The number of ether oxygens (including phenoxy) is 2. The minimum Gasteiger partial charge on any atom is -0.497 e. The number of rotatable bonds is 8. The molecule has 0 unspecified atom stereocenters. The summed E-state index contributed by atoms with van der Waals surface area (Å²) in [6.45, 7) is 3.53. The number of hydrogen-bond donors (Lipinski definition) is 0. The molecule has 8 heteroatoms. The second-order valence-corrected chi connectivity index (χ2v) is 9.99.